The second-order valence-corrected chi connectivity index (χ2v) is 18.4. The topological polar surface area (TPSA) is 36.9 Å². The Morgan fingerprint density at radius 2 is 0.594 bits per heavy atom. The molecule has 4 nitrogen and oxygen atoms in total. The summed E-state index contributed by atoms with van der Waals surface area (Å²) in [6, 6.07) is 0. The van der Waals surface area contributed by atoms with E-state index in [1.54, 1.807) is 0 Å². The lowest BCUT2D eigenvalue weighted by Gasteiger charge is -2.50. The predicted molar refractivity (Wildman–Crippen MR) is 127 cm³/mol. The molecule has 20 atom stereocenters. The highest BCUT2D eigenvalue weighted by molar-refractivity contribution is 9.11. The number of ether oxygens (including phenoxy) is 4. The fourth-order valence-electron chi connectivity index (χ4n) is 16.6. The van der Waals surface area contributed by atoms with Crippen LogP contribution in [0.15, 0.2) is 0 Å². The van der Waals surface area contributed by atoms with Crippen molar-refractivity contribution in [3.63, 3.8) is 0 Å². The van der Waals surface area contributed by atoms with E-state index in [9.17, 15) is 0 Å². The van der Waals surface area contributed by atoms with Crippen molar-refractivity contribution in [3.8, 4) is 0 Å². The van der Waals surface area contributed by atoms with Crippen molar-refractivity contribution in [2.24, 2.45) is 71.0 Å². The van der Waals surface area contributed by atoms with Crippen LogP contribution in [0.4, 0.5) is 0 Å². The van der Waals surface area contributed by atoms with E-state index >= 15 is 0 Å². The van der Waals surface area contributed by atoms with E-state index in [0.717, 1.165) is 0 Å². The van der Waals surface area contributed by atoms with Gasteiger partial charge in [-0.3, -0.25) is 0 Å². The van der Waals surface area contributed by atoms with Gasteiger partial charge in [0.25, 0.3) is 0 Å². The first-order valence-corrected chi connectivity index (χ1v) is 15.3. The molecule has 0 aromatic heterocycles. The maximum atomic E-state index is 6.95. The largest absolute Gasteiger partial charge is 0.376 e. The van der Waals surface area contributed by atoms with Gasteiger partial charge in [-0.05, 0) is 35.5 Å². The highest BCUT2D eigenvalue weighted by atomic mass is 79.9. The van der Waals surface area contributed by atoms with Gasteiger partial charge in [-0.2, -0.15) is 0 Å². The number of hydrogen-bond donors (Lipinski definition) is 0. The zero-order valence-electron chi connectivity index (χ0n) is 18.1. The number of methoxy groups -OCH3 is 4. The van der Waals surface area contributed by atoms with Gasteiger partial charge in [-0.1, -0.05) is 63.7 Å². The van der Waals surface area contributed by atoms with E-state index in [2.05, 4.69) is 63.7 Å². The standard InChI is InChI=1S/C24H24Br4O4/c1-29-21-11-5-6-10-17(11,25)23(31-3)14-8-7(15(21)23)13-19(21,27)9(5)18(26)12(6)22(30-2,20(10,14)28)16(8)24(13,18)32-4/h5-16H,1-4H3/t5-,6+,7-,8+,9-,10-,11+,12+,13-,14-,15+,16+,17+,18+,19+,20+,21+,22+,23-,24-/m1/s1. The molecular weight excluding hydrogens is 672 g/mol. The molecule has 12 rings (SSSR count). The summed E-state index contributed by atoms with van der Waals surface area (Å²) in [4.78, 5) is 0. The third-order valence-electron chi connectivity index (χ3n) is 15.0. The first-order valence-electron chi connectivity index (χ1n) is 12.2. The number of alkyl halides is 4. The smallest absolute Gasteiger partial charge is 0.0942 e. The van der Waals surface area contributed by atoms with Crippen LogP contribution in [0.2, 0.25) is 0 Å². The van der Waals surface area contributed by atoms with E-state index < -0.39 is 0 Å². The number of rotatable bonds is 4. The van der Waals surface area contributed by atoms with Crippen LogP contribution >= 0.6 is 63.7 Å². The van der Waals surface area contributed by atoms with Crippen molar-refractivity contribution in [2.45, 2.75) is 39.7 Å². The van der Waals surface area contributed by atoms with Crippen molar-refractivity contribution < 1.29 is 18.9 Å². The van der Waals surface area contributed by atoms with Gasteiger partial charge in [0.1, 0.15) is 0 Å². The van der Waals surface area contributed by atoms with E-state index in [4.69, 9.17) is 18.9 Å². The lowest BCUT2D eigenvalue weighted by Crippen LogP contribution is -2.61. The van der Waals surface area contributed by atoms with E-state index in [0.29, 0.717) is 71.0 Å². The Balaban J connectivity index is 1.45. The van der Waals surface area contributed by atoms with Gasteiger partial charge in [0, 0.05) is 63.9 Å². The van der Waals surface area contributed by atoms with Crippen LogP contribution in [-0.2, 0) is 18.9 Å². The average molecular weight is 696 g/mol. The molecule has 0 radical (unpaired) electrons. The molecule has 0 spiro atoms. The zero-order valence-corrected chi connectivity index (χ0v) is 24.4. The Bertz CT molecular complexity index is 1080. The SMILES string of the molecule is CO[C@@]12[C@@H]3[C@@H]4[C@@H]5[C@H]6[C@@]7(OC)[C@H]8[C@H]9[C@H]([C@H]%10[C@]1(Br)[C@@H]4[C@]6(OC)[C@]%108Br)[C@H]2[C@@]1(Br)[C@@H]9[C@]7(Br)[C@@H]5[C@@]31OC. The molecule has 0 aliphatic heterocycles. The Morgan fingerprint density at radius 1 is 0.375 bits per heavy atom. The molecule has 0 amide bonds. The third-order valence-corrected chi connectivity index (χ3v) is 21.5. The molecule has 0 N–H and O–H groups in total. The number of hydrogen-bond acceptors (Lipinski definition) is 4. The minimum Gasteiger partial charge on any atom is -0.376 e. The van der Waals surface area contributed by atoms with Crippen molar-refractivity contribution in [1.29, 1.82) is 0 Å². The molecule has 0 unspecified atom stereocenters. The van der Waals surface area contributed by atoms with Crippen LogP contribution in [0, 0.1) is 71.0 Å². The van der Waals surface area contributed by atoms with Gasteiger partial charge in [0.05, 0.1) is 39.7 Å². The molecule has 0 aromatic carbocycles. The molecule has 8 heteroatoms. The first kappa shape index (κ1) is 18.9. The highest BCUT2D eigenvalue weighted by Crippen LogP contribution is 3.10. The minimum atomic E-state index is -0.212. The van der Waals surface area contributed by atoms with Gasteiger partial charge in [-0.25, -0.2) is 0 Å². The summed E-state index contributed by atoms with van der Waals surface area (Å²) in [5.41, 5.74) is -0.831. The lowest BCUT2D eigenvalue weighted by atomic mass is 9.71. The van der Waals surface area contributed by atoms with Crippen LogP contribution in [0.3, 0.4) is 0 Å². The molecule has 172 valence electrons. The predicted octanol–water partition coefficient (Wildman–Crippen LogP) is 3.61. The molecule has 0 aromatic rings. The summed E-state index contributed by atoms with van der Waals surface area (Å²) in [6.07, 6.45) is 0. The van der Waals surface area contributed by atoms with Crippen molar-refractivity contribution in [1.82, 2.24) is 0 Å². The summed E-state index contributed by atoms with van der Waals surface area (Å²) < 4.78 is 27.5. The molecule has 32 heavy (non-hydrogen) atoms. The van der Waals surface area contributed by atoms with Crippen LogP contribution < -0.4 is 0 Å². The van der Waals surface area contributed by atoms with Gasteiger partial charge in [-0.15, -0.1) is 0 Å². The monoisotopic (exact) mass is 692 g/mol. The molecule has 0 bridgehead atoms. The summed E-state index contributed by atoms with van der Waals surface area (Å²) in [7, 11) is 8.02. The van der Waals surface area contributed by atoms with Gasteiger partial charge in [0.15, 0.2) is 0 Å². The Hall–Kier alpha value is 1.76. The highest BCUT2D eigenvalue weighted by Gasteiger charge is 3.19. The van der Waals surface area contributed by atoms with Gasteiger partial charge < -0.3 is 18.9 Å². The quantitative estimate of drug-likeness (QED) is 0.422. The Labute approximate surface area is 220 Å². The van der Waals surface area contributed by atoms with Gasteiger partial charge >= 0.3 is 0 Å². The van der Waals surface area contributed by atoms with E-state index in [-0.39, 0.29) is 39.7 Å². The van der Waals surface area contributed by atoms with Crippen LogP contribution in [0.25, 0.3) is 0 Å². The summed E-state index contributed by atoms with van der Waals surface area (Å²) >= 11 is 18.4. The zero-order chi connectivity index (χ0) is 21.8. The molecule has 0 heterocycles. The van der Waals surface area contributed by atoms with E-state index in [1.807, 2.05) is 28.4 Å². The minimum absolute atomic E-state index is 0.0626. The lowest BCUT2D eigenvalue weighted by molar-refractivity contribution is -0.139. The second kappa shape index (κ2) is 4.10. The fraction of sp³-hybridized carbons (Fsp3) is 1.00. The summed E-state index contributed by atoms with van der Waals surface area (Å²) in [5, 5.41) is 0. The van der Waals surface area contributed by atoms with Crippen LogP contribution in [0.1, 0.15) is 0 Å². The van der Waals surface area contributed by atoms with Crippen molar-refractivity contribution in [3.05, 3.63) is 0 Å². The molecule has 12 aliphatic carbocycles. The number of halogens is 4. The fourth-order valence-corrected chi connectivity index (χ4v) is 25.1. The van der Waals surface area contributed by atoms with Crippen LogP contribution in [0.5, 0.6) is 0 Å². The van der Waals surface area contributed by atoms with Crippen molar-refractivity contribution >= 4 is 63.7 Å². The molecule has 12 fully saturated rings. The molecular formula is C24H24Br4O4. The van der Waals surface area contributed by atoms with E-state index in [1.165, 1.54) is 0 Å². The molecule has 12 saturated carbocycles. The second-order valence-electron chi connectivity index (χ2n) is 13.2. The summed E-state index contributed by atoms with van der Waals surface area (Å²) in [5.74, 6) is 5.83. The third kappa shape index (κ3) is 0.871. The first-order chi connectivity index (χ1) is 15.2. The maximum absolute atomic E-state index is 6.95. The molecule has 0 saturated heterocycles. The maximum Gasteiger partial charge on any atom is 0.0942 e. The average Bonchev–Trinajstić information content (AvgIpc) is 3.58. The normalized spacial score (nSPS) is 90.8. The molecule has 12 aliphatic rings. The summed E-state index contributed by atoms with van der Waals surface area (Å²) in [6.45, 7) is 0. The Morgan fingerprint density at radius 3 is 0.812 bits per heavy atom. The van der Waals surface area contributed by atoms with Crippen molar-refractivity contribution in [2.75, 3.05) is 28.4 Å². The Kier molecular flexibility index (Phi) is 2.43. The van der Waals surface area contributed by atoms with Crippen LogP contribution in [-0.4, -0.2) is 68.1 Å². The van der Waals surface area contributed by atoms with Gasteiger partial charge in [0.2, 0.25) is 0 Å².